The summed E-state index contributed by atoms with van der Waals surface area (Å²) in [4.78, 5) is 18.8. The molecule has 0 aromatic carbocycles. The molecule has 1 fully saturated rings. The first kappa shape index (κ1) is 13.1. The molecule has 5 nitrogen and oxygen atoms in total. The third-order valence-electron chi connectivity index (χ3n) is 3.38. The maximum absolute atomic E-state index is 11.5. The number of methoxy groups -OCH3 is 1. The largest absolute Gasteiger partial charge is 0.381 e. The molecular formula is C13H21N3O2. The highest BCUT2D eigenvalue weighted by Gasteiger charge is 2.24. The second-order valence-corrected chi connectivity index (χ2v) is 5.18. The van der Waals surface area contributed by atoms with Gasteiger partial charge in [-0.2, -0.15) is 0 Å². The fraction of sp³-hybridized carbons (Fsp3) is 0.692. The van der Waals surface area contributed by atoms with Crippen molar-refractivity contribution in [2.45, 2.75) is 51.2 Å². The number of H-pyrrole nitrogens is 1. The van der Waals surface area contributed by atoms with Crippen molar-refractivity contribution >= 4 is 5.82 Å². The minimum absolute atomic E-state index is 0.0995. The first-order chi connectivity index (χ1) is 8.58. The van der Waals surface area contributed by atoms with E-state index in [0.717, 1.165) is 25.1 Å². The van der Waals surface area contributed by atoms with Crippen LogP contribution in [-0.4, -0.2) is 29.2 Å². The molecular weight excluding hydrogens is 230 g/mol. The van der Waals surface area contributed by atoms with Gasteiger partial charge in [0.2, 0.25) is 0 Å². The second kappa shape index (κ2) is 5.52. The average molecular weight is 251 g/mol. The Morgan fingerprint density at radius 2 is 2.28 bits per heavy atom. The van der Waals surface area contributed by atoms with E-state index in [0.29, 0.717) is 18.0 Å². The minimum atomic E-state index is -0.0995. The summed E-state index contributed by atoms with van der Waals surface area (Å²) in [5, 5.41) is 3.33. The lowest BCUT2D eigenvalue weighted by Crippen LogP contribution is -2.21. The number of rotatable bonds is 4. The standard InChI is InChI=1S/C13H21N3O2/c1-8(2)13-15-11(7-12(17)16-13)14-9-4-5-10(6-9)18-3/h7-10H,4-6H2,1-3H3,(H2,14,15,16,17). The Balaban J connectivity index is 2.07. The van der Waals surface area contributed by atoms with Crippen molar-refractivity contribution in [3.63, 3.8) is 0 Å². The molecule has 1 aliphatic rings. The number of anilines is 1. The topological polar surface area (TPSA) is 67.0 Å². The van der Waals surface area contributed by atoms with Gasteiger partial charge in [-0.25, -0.2) is 4.98 Å². The Kier molecular flexibility index (Phi) is 4.01. The smallest absolute Gasteiger partial charge is 0.252 e. The molecule has 2 rings (SSSR count). The quantitative estimate of drug-likeness (QED) is 0.857. The van der Waals surface area contributed by atoms with Gasteiger partial charge in [0, 0.05) is 25.1 Å². The lowest BCUT2D eigenvalue weighted by atomic mass is 10.2. The number of aromatic amines is 1. The third-order valence-corrected chi connectivity index (χ3v) is 3.38. The van der Waals surface area contributed by atoms with Crippen molar-refractivity contribution in [3.05, 3.63) is 22.2 Å². The van der Waals surface area contributed by atoms with Gasteiger partial charge in [-0.05, 0) is 19.3 Å². The van der Waals surface area contributed by atoms with Crippen LogP contribution in [-0.2, 0) is 4.74 Å². The molecule has 1 aromatic rings. The molecule has 1 heterocycles. The Morgan fingerprint density at radius 1 is 1.50 bits per heavy atom. The molecule has 5 heteroatoms. The van der Waals surface area contributed by atoms with Gasteiger partial charge in [0.05, 0.1) is 6.10 Å². The van der Waals surface area contributed by atoms with Gasteiger partial charge in [0.1, 0.15) is 11.6 Å². The molecule has 1 aliphatic carbocycles. The van der Waals surface area contributed by atoms with Gasteiger partial charge in [-0.1, -0.05) is 13.8 Å². The first-order valence-electron chi connectivity index (χ1n) is 6.49. The van der Waals surface area contributed by atoms with Crippen LogP contribution in [0.5, 0.6) is 0 Å². The van der Waals surface area contributed by atoms with Gasteiger partial charge in [0.25, 0.3) is 5.56 Å². The van der Waals surface area contributed by atoms with Crippen LogP contribution in [0.1, 0.15) is 44.9 Å². The summed E-state index contributed by atoms with van der Waals surface area (Å²) in [6.07, 6.45) is 3.43. The molecule has 1 saturated carbocycles. The number of nitrogens with one attached hydrogen (secondary N) is 2. The average Bonchev–Trinajstić information content (AvgIpc) is 2.76. The van der Waals surface area contributed by atoms with E-state index in [2.05, 4.69) is 15.3 Å². The van der Waals surface area contributed by atoms with Crippen molar-refractivity contribution in [2.24, 2.45) is 0 Å². The molecule has 0 amide bonds. The van der Waals surface area contributed by atoms with Crippen LogP contribution in [0, 0.1) is 0 Å². The lowest BCUT2D eigenvalue weighted by Gasteiger charge is -2.14. The van der Waals surface area contributed by atoms with E-state index in [4.69, 9.17) is 4.74 Å². The maximum atomic E-state index is 11.5. The van der Waals surface area contributed by atoms with Gasteiger partial charge >= 0.3 is 0 Å². The van der Waals surface area contributed by atoms with E-state index in [1.165, 1.54) is 6.07 Å². The van der Waals surface area contributed by atoms with Crippen molar-refractivity contribution in [1.82, 2.24) is 9.97 Å². The molecule has 1 aromatic heterocycles. The number of hydrogen-bond acceptors (Lipinski definition) is 4. The second-order valence-electron chi connectivity index (χ2n) is 5.18. The van der Waals surface area contributed by atoms with Gasteiger partial charge < -0.3 is 15.0 Å². The molecule has 0 aliphatic heterocycles. The highest BCUT2D eigenvalue weighted by molar-refractivity contribution is 5.35. The van der Waals surface area contributed by atoms with E-state index >= 15 is 0 Å². The van der Waals surface area contributed by atoms with Crippen LogP contribution in [0.25, 0.3) is 0 Å². The number of hydrogen-bond donors (Lipinski definition) is 2. The van der Waals surface area contributed by atoms with Crippen molar-refractivity contribution in [1.29, 1.82) is 0 Å². The SMILES string of the molecule is COC1CCC(Nc2cc(=O)[nH]c(C(C)C)n2)C1. The van der Waals surface area contributed by atoms with Crippen LogP contribution in [0.15, 0.2) is 10.9 Å². The summed E-state index contributed by atoms with van der Waals surface area (Å²) in [5.74, 6) is 1.62. The zero-order chi connectivity index (χ0) is 13.1. The molecule has 2 atom stereocenters. The van der Waals surface area contributed by atoms with Gasteiger partial charge in [-0.3, -0.25) is 4.79 Å². The highest BCUT2D eigenvalue weighted by Crippen LogP contribution is 2.24. The Labute approximate surface area is 107 Å². The lowest BCUT2D eigenvalue weighted by molar-refractivity contribution is 0.108. The Hall–Kier alpha value is -1.36. The molecule has 100 valence electrons. The molecule has 18 heavy (non-hydrogen) atoms. The third kappa shape index (κ3) is 3.10. The summed E-state index contributed by atoms with van der Waals surface area (Å²) >= 11 is 0. The van der Waals surface area contributed by atoms with Crippen LogP contribution in [0.3, 0.4) is 0 Å². The van der Waals surface area contributed by atoms with Crippen molar-refractivity contribution < 1.29 is 4.74 Å². The fourth-order valence-electron chi connectivity index (χ4n) is 2.32. The van der Waals surface area contributed by atoms with E-state index in [-0.39, 0.29) is 11.5 Å². The van der Waals surface area contributed by atoms with E-state index in [1.54, 1.807) is 7.11 Å². The van der Waals surface area contributed by atoms with Crippen LogP contribution < -0.4 is 10.9 Å². The monoisotopic (exact) mass is 251 g/mol. The summed E-state index contributed by atoms with van der Waals surface area (Å²) in [6, 6.07) is 1.87. The zero-order valence-electron chi connectivity index (χ0n) is 11.2. The molecule has 0 bridgehead atoms. The van der Waals surface area contributed by atoms with Crippen molar-refractivity contribution in [2.75, 3.05) is 12.4 Å². The molecule has 2 N–H and O–H groups in total. The minimum Gasteiger partial charge on any atom is -0.381 e. The first-order valence-corrected chi connectivity index (χ1v) is 6.49. The van der Waals surface area contributed by atoms with E-state index in [1.807, 2.05) is 13.8 Å². The summed E-state index contributed by atoms with van der Waals surface area (Å²) in [6.45, 7) is 4.02. The van der Waals surface area contributed by atoms with Crippen LogP contribution in [0.2, 0.25) is 0 Å². The number of aromatic nitrogens is 2. The van der Waals surface area contributed by atoms with E-state index in [9.17, 15) is 4.79 Å². The molecule has 2 unspecified atom stereocenters. The molecule has 0 radical (unpaired) electrons. The number of nitrogens with zero attached hydrogens (tertiary/aromatic N) is 1. The van der Waals surface area contributed by atoms with Gasteiger partial charge in [-0.15, -0.1) is 0 Å². The zero-order valence-corrected chi connectivity index (χ0v) is 11.2. The predicted molar refractivity (Wildman–Crippen MR) is 71.0 cm³/mol. The normalized spacial score (nSPS) is 23.6. The summed E-state index contributed by atoms with van der Waals surface area (Å²) in [5.41, 5.74) is -0.0995. The number of ether oxygens (including phenoxy) is 1. The maximum Gasteiger partial charge on any atom is 0.252 e. The van der Waals surface area contributed by atoms with Crippen LogP contribution in [0.4, 0.5) is 5.82 Å². The van der Waals surface area contributed by atoms with Crippen molar-refractivity contribution in [3.8, 4) is 0 Å². The Bertz CT molecular complexity index is 456. The summed E-state index contributed by atoms with van der Waals surface area (Å²) in [7, 11) is 1.75. The van der Waals surface area contributed by atoms with Crippen LogP contribution >= 0.6 is 0 Å². The fourth-order valence-corrected chi connectivity index (χ4v) is 2.32. The predicted octanol–water partition coefficient (Wildman–Crippen LogP) is 1.87. The van der Waals surface area contributed by atoms with Gasteiger partial charge in [0.15, 0.2) is 0 Å². The Morgan fingerprint density at radius 3 is 2.89 bits per heavy atom. The summed E-state index contributed by atoms with van der Waals surface area (Å²) < 4.78 is 5.34. The molecule has 0 spiro atoms. The molecule has 0 saturated heterocycles. The highest BCUT2D eigenvalue weighted by atomic mass is 16.5. The van der Waals surface area contributed by atoms with E-state index < -0.39 is 0 Å².